The van der Waals surface area contributed by atoms with Crippen LogP contribution in [0.2, 0.25) is 0 Å². The minimum absolute atomic E-state index is 0.0360. The number of rotatable bonds is 4. The first-order valence-corrected chi connectivity index (χ1v) is 7.88. The first kappa shape index (κ1) is 16.2. The molecular formula is C17H19FINO. The Hall–Kier alpha value is -1.14. The molecule has 0 aromatic heterocycles. The third-order valence-corrected chi connectivity index (χ3v) is 3.53. The lowest BCUT2D eigenvalue weighted by molar-refractivity contribution is 0.413. The van der Waals surface area contributed by atoms with Gasteiger partial charge < -0.3 is 10.1 Å². The maximum Gasteiger partial charge on any atom is 0.132 e. The lowest BCUT2D eigenvalue weighted by Gasteiger charge is -2.21. The van der Waals surface area contributed by atoms with Crippen molar-refractivity contribution in [2.45, 2.75) is 32.9 Å². The average molecular weight is 399 g/mol. The molecule has 0 fully saturated rings. The molecule has 0 unspecified atom stereocenters. The van der Waals surface area contributed by atoms with Gasteiger partial charge in [-0.15, -0.1) is 0 Å². The van der Waals surface area contributed by atoms with E-state index < -0.39 is 0 Å². The zero-order valence-corrected chi connectivity index (χ0v) is 14.6. The molecule has 112 valence electrons. The standard InChI is InChI=1S/C17H19FINO/c1-17(2,3)20-11-12-9-13(18)7-8-16(12)21-15-6-4-5-14(19)10-15/h4-10,20H,11H2,1-3H3. The minimum Gasteiger partial charge on any atom is -0.457 e. The molecule has 0 amide bonds. The van der Waals surface area contributed by atoms with Gasteiger partial charge >= 0.3 is 0 Å². The molecule has 2 aromatic rings. The van der Waals surface area contributed by atoms with Gasteiger partial charge in [-0.3, -0.25) is 0 Å². The predicted molar refractivity (Wildman–Crippen MR) is 92.2 cm³/mol. The lowest BCUT2D eigenvalue weighted by Crippen LogP contribution is -2.35. The molecule has 4 heteroatoms. The Labute approximate surface area is 138 Å². The van der Waals surface area contributed by atoms with Crippen LogP contribution in [0.3, 0.4) is 0 Å². The summed E-state index contributed by atoms with van der Waals surface area (Å²) in [4.78, 5) is 0. The Balaban J connectivity index is 2.22. The van der Waals surface area contributed by atoms with Crippen LogP contribution < -0.4 is 10.1 Å². The molecule has 0 heterocycles. The second kappa shape index (κ2) is 6.75. The summed E-state index contributed by atoms with van der Waals surface area (Å²) in [5, 5.41) is 3.35. The van der Waals surface area contributed by atoms with Gasteiger partial charge in [0.1, 0.15) is 17.3 Å². The summed E-state index contributed by atoms with van der Waals surface area (Å²) in [6.45, 7) is 6.78. The molecule has 0 saturated carbocycles. The topological polar surface area (TPSA) is 21.3 Å². The normalized spacial score (nSPS) is 11.5. The second-order valence-corrected chi connectivity index (χ2v) is 7.16. The molecule has 21 heavy (non-hydrogen) atoms. The van der Waals surface area contributed by atoms with Gasteiger partial charge in [0.2, 0.25) is 0 Å². The first-order valence-electron chi connectivity index (χ1n) is 6.80. The van der Waals surface area contributed by atoms with E-state index in [-0.39, 0.29) is 11.4 Å². The molecule has 0 aliphatic carbocycles. The Bertz CT molecular complexity index is 622. The molecule has 2 rings (SSSR count). The van der Waals surface area contributed by atoms with Crippen LogP contribution in [-0.2, 0) is 6.54 Å². The number of ether oxygens (including phenoxy) is 1. The van der Waals surface area contributed by atoms with Gasteiger partial charge in [-0.2, -0.15) is 0 Å². The zero-order valence-electron chi connectivity index (χ0n) is 12.4. The average Bonchev–Trinajstić information content (AvgIpc) is 2.38. The molecule has 0 atom stereocenters. The third-order valence-electron chi connectivity index (χ3n) is 2.86. The van der Waals surface area contributed by atoms with E-state index in [1.807, 2.05) is 24.3 Å². The summed E-state index contributed by atoms with van der Waals surface area (Å²) in [7, 11) is 0. The summed E-state index contributed by atoms with van der Waals surface area (Å²) in [5.41, 5.74) is 0.773. The fraction of sp³-hybridized carbons (Fsp3) is 0.294. The van der Waals surface area contributed by atoms with Gasteiger partial charge in [-0.05, 0) is 79.8 Å². The van der Waals surface area contributed by atoms with Crippen LogP contribution in [-0.4, -0.2) is 5.54 Å². The Kier molecular flexibility index (Phi) is 5.22. The van der Waals surface area contributed by atoms with Crippen LogP contribution >= 0.6 is 22.6 Å². The molecule has 1 N–H and O–H groups in total. The van der Waals surface area contributed by atoms with E-state index in [1.54, 1.807) is 6.07 Å². The predicted octanol–water partition coefficient (Wildman–Crippen LogP) is 5.11. The summed E-state index contributed by atoms with van der Waals surface area (Å²) in [6, 6.07) is 12.4. The summed E-state index contributed by atoms with van der Waals surface area (Å²) < 4.78 is 20.5. The third kappa shape index (κ3) is 5.28. The Morgan fingerprint density at radius 3 is 2.57 bits per heavy atom. The number of nitrogens with one attached hydrogen (secondary N) is 1. The van der Waals surface area contributed by atoms with Crippen molar-refractivity contribution < 1.29 is 9.13 Å². The fourth-order valence-corrected chi connectivity index (χ4v) is 2.32. The van der Waals surface area contributed by atoms with Crippen molar-refractivity contribution >= 4 is 22.6 Å². The quantitative estimate of drug-likeness (QED) is 0.722. The lowest BCUT2D eigenvalue weighted by atomic mass is 10.1. The minimum atomic E-state index is -0.254. The van der Waals surface area contributed by atoms with E-state index in [0.717, 1.165) is 14.9 Å². The van der Waals surface area contributed by atoms with Crippen molar-refractivity contribution in [1.29, 1.82) is 0 Å². The number of benzene rings is 2. The van der Waals surface area contributed by atoms with E-state index in [2.05, 4.69) is 48.7 Å². The van der Waals surface area contributed by atoms with Crippen LogP contribution in [0.5, 0.6) is 11.5 Å². The fourth-order valence-electron chi connectivity index (χ4n) is 1.80. The van der Waals surface area contributed by atoms with Gasteiger partial charge in [0.15, 0.2) is 0 Å². The zero-order chi connectivity index (χ0) is 15.5. The van der Waals surface area contributed by atoms with Crippen LogP contribution in [0, 0.1) is 9.39 Å². The maximum atomic E-state index is 13.5. The second-order valence-electron chi connectivity index (χ2n) is 5.92. The van der Waals surface area contributed by atoms with Crippen LogP contribution in [0.25, 0.3) is 0 Å². The molecule has 2 aromatic carbocycles. The molecular weight excluding hydrogens is 380 g/mol. The van der Waals surface area contributed by atoms with Gasteiger partial charge in [0.05, 0.1) is 0 Å². The van der Waals surface area contributed by atoms with Crippen LogP contribution in [0.1, 0.15) is 26.3 Å². The molecule has 0 aliphatic rings. The highest BCUT2D eigenvalue weighted by atomic mass is 127. The van der Waals surface area contributed by atoms with Crippen LogP contribution in [0.15, 0.2) is 42.5 Å². The molecule has 0 aliphatic heterocycles. The monoisotopic (exact) mass is 399 g/mol. The number of halogens is 2. The number of hydrogen-bond acceptors (Lipinski definition) is 2. The summed E-state index contributed by atoms with van der Waals surface area (Å²) >= 11 is 2.24. The SMILES string of the molecule is CC(C)(C)NCc1cc(F)ccc1Oc1cccc(I)c1. The van der Waals surface area contributed by atoms with Crippen molar-refractivity contribution in [2.24, 2.45) is 0 Å². The Morgan fingerprint density at radius 2 is 1.90 bits per heavy atom. The molecule has 0 spiro atoms. The molecule has 2 nitrogen and oxygen atoms in total. The molecule has 0 bridgehead atoms. The smallest absolute Gasteiger partial charge is 0.132 e. The van der Waals surface area contributed by atoms with Crippen molar-refractivity contribution in [2.75, 3.05) is 0 Å². The Morgan fingerprint density at radius 1 is 1.14 bits per heavy atom. The van der Waals surface area contributed by atoms with Crippen molar-refractivity contribution in [3.05, 3.63) is 57.4 Å². The van der Waals surface area contributed by atoms with Crippen LogP contribution in [0.4, 0.5) is 4.39 Å². The van der Waals surface area contributed by atoms with Gasteiger partial charge in [-0.25, -0.2) is 4.39 Å². The van der Waals surface area contributed by atoms with Gasteiger partial charge in [0.25, 0.3) is 0 Å². The van der Waals surface area contributed by atoms with Gasteiger partial charge in [0, 0.05) is 21.2 Å². The summed E-state index contributed by atoms with van der Waals surface area (Å²) in [6.07, 6.45) is 0. The molecule has 0 saturated heterocycles. The van der Waals surface area contributed by atoms with Crippen molar-refractivity contribution in [3.8, 4) is 11.5 Å². The first-order chi connectivity index (χ1) is 9.83. The highest BCUT2D eigenvalue weighted by Crippen LogP contribution is 2.27. The van der Waals surface area contributed by atoms with E-state index in [1.165, 1.54) is 12.1 Å². The summed E-state index contributed by atoms with van der Waals surface area (Å²) in [5.74, 6) is 1.18. The molecule has 0 radical (unpaired) electrons. The van der Waals surface area contributed by atoms with Gasteiger partial charge in [-0.1, -0.05) is 6.07 Å². The van der Waals surface area contributed by atoms with Crippen molar-refractivity contribution in [3.63, 3.8) is 0 Å². The highest BCUT2D eigenvalue weighted by molar-refractivity contribution is 14.1. The van der Waals surface area contributed by atoms with E-state index >= 15 is 0 Å². The van der Waals surface area contributed by atoms with E-state index in [4.69, 9.17) is 4.74 Å². The number of hydrogen-bond donors (Lipinski definition) is 1. The largest absolute Gasteiger partial charge is 0.457 e. The van der Waals surface area contributed by atoms with E-state index in [0.29, 0.717) is 12.3 Å². The van der Waals surface area contributed by atoms with E-state index in [9.17, 15) is 4.39 Å². The highest BCUT2D eigenvalue weighted by Gasteiger charge is 2.12. The van der Waals surface area contributed by atoms with Crippen molar-refractivity contribution in [1.82, 2.24) is 5.32 Å². The maximum absolute atomic E-state index is 13.5.